The number of aromatic nitrogens is 2. The molecule has 0 saturated carbocycles. The molecule has 8 heteroatoms. The van der Waals surface area contributed by atoms with Crippen molar-refractivity contribution < 1.29 is 14.3 Å². The summed E-state index contributed by atoms with van der Waals surface area (Å²) in [4.78, 5) is 14.8. The molecule has 0 unspecified atom stereocenters. The number of carbonyl (C=O) groups excluding carboxylic acids is 1. The molecule has 1 aliphatic rings. The van der Waals surface area contributed by atoms with Crippen LogP contribution in [0.1, 0.15) is 5.56 Å². The largest absolute Gasteiger partial charge is 0.492 e. The molecule has 2 N–H and O–H groups in total. The second kappa shape index (κ2) is 10.6. The lowest BCUT2D eigenvalue weighted by atomic mass is 10.2. The van der Waals surface area contributed by atoms with E-state index in [9.17, 15) is 4.79 Å². The number of benzene rings is 2. The fraction of sp³-hybridized carbons (Fsp3) is 0.304. The maximum atomic E-state index is 12.4. The fourth-order valence-electron chi connectivity index (χ4n) is 3.40. The lowest BCUT2D eigenvalue weighted by Crippen LogP contribution is -2.38. The Kier molecular flexibility index (Phi) is 7.15. The zero-order valence-corrected chi connectivity index (χ0v) is 17.4. The Hall–Kier alpha value is -3.36. The Bertz CT molecular complexity index is 971. The predicted octanol–water partition coefficient (Wildman–Crippen LogP) is 2.91. The lowest BCUT2D eigenvalue weighted by molar-refractivity contribution is 0.0322. The van der Waals surface area contributed by atoms with E-state index in [1.807, 2.05) is 60.8 Å². The fourth-order valence-corrected chi connectivity index (χ4v) is 3.40. The molecule has 3 aromatic rings. The Morgan fingerprint density at radius 1 is 1.10 bits per heavy atom. The van der Waals surface area contributed by atoms with Crippen LogP contribution in [0.3, 0.4) is 0 Å². The number of amides is 2. The summed E-state index contributed by atoms with van der Waals surface area (Å²) in [5.41, 5.74) is 2.46. The van der Waals surface area contributed by atoms with Crippen LogP contribution in [0.25, 0.3) is 5.69 Å². The molecule has 1 saturated heterocycles. The number of morpholine rings is 1. The van der Waals surface area contributed by atoms with E-state index in [-0.39, 0.29) is 6.03 Å². The highest BCUT2D eigenvalue weighted by molar-refractivity contribution is 5.91. The van der Waals surface area contributed by atoms with Crippen molar-refractivity contribution in [3.05, 3.63) is 72.6 Å². The van der Waals surface area contributed by atoms with Gasteiger partial charge >= 0.3 is 6.03 Å². The molecule has 8 nitrogen and oxygen atoms in total. The third-order valence-electron chi connectivity index (χ3n) is 5.03. The number of urea groups is 1. The third-order valence-corrected chi connectivity index (χ3v) is 5.03. The second-order valence-electron chi connectivity index (χ2n) is 7.23. The maximum Gasteiger partial charge on any atom is 0.319 e. The first-order valence-electron chi connectivity index (χ1n) is 10.4. The van der Waals surface area contributed by atoms with Crippen molar-refractivity contribution in [2.24, 2.45) is 0 Å². The van der Waals surface area contributed by atoms with Crippen molar-refractivity contribution in [2.45, 2.75) is 6.54 Å². The number of anilines is 1. The van der Waals surface area contributed by atoms with Crippen molar-refractivity contribution in [1.29, 1.82) is 0 Å². The second-order valence-corrected chi connectivity index (χ2v) is 7.23. The van der Waals surface area contributed by atoms with E-state index in [4.69, 9.17) is 9.47 Å². The highest BCUT2D eigenvalue weighted by Gasteiger charge is 2.10. The van der Waals surface area contributed by atoms with Gasteiger partial charge in [0.2, 0.25) is 0 Å². The Morgan fingerprint density at radius 2 is 1.97 bits per heavy atom. The first-order chi connectivity index (χ1) is 15.3. The minimum Gasteiger partial charge on any atom is -0.492 e. The molecule has 0 atom stereocenters. The molecular weight excluding hydrogens is 394 g/mol. The van der Waals surface area contributed by atoms with Gasteiger partial charge in [0.15, 0.2) is 0 Å². The monoisotopic (exact) mass is 421 g/mol. The average molecular weight is 422 g/mol. The molecule has 2 heterocycles. The molecule has 1 aromatic heterocycles. The molecule has 0 aliphatic carbocycles. The summed E-state index contributed by atoms with van der Waals surface area (Å²) in [7, 11) is 0. The van der Waals surface area contributed by atoms with Crippen LogP contribution in [0.2, 0.25) is 0 Å². The smallest absolute Gasteiger partial charge is 0.319 e. The number of para-hydroxylation sites is 2. The molecule has 31 heavy (non-hydrogen) atoms. The maximum absolute atomic E-state index is 12.4. The van der Waals surface area contributed by atoms with Gasteiger partial charge in [-0.25, -0.2) is 9.48 Å². The molecular formula is C23H27N5O3. The average Bonchev–Trinajstić information content (AvgIpc) is 3.34. The quantitative estimate of drug-likeness (QED) is 0.585. The third kappa shape index (κ3) is 6.07. The zero-order valence-electron chi connectivity index (χ0n) is 17.4. The van der Waals surface area contributed by atoms with Gasteiger partial charge in [-0.05, 0) is 35.9 Å². The van der Waals surface area contributed by atoms with Crippen LogP contribution in [0.5, 0.6) is 5.75 Å². The van der Waals surface area contributed by atoms with Crippen LogP contribution in [0, 0.1) is 0 Å². The summed E-state index contributed by atoms with van der Waals surface area (Å²) in [5.74, 6) is 0.803. The first-order valence-corrected chi connectivity index (χ1v) is 10.4. The predicted molar refractivity (Wildman–Crippen MR) is 119 cm³/mol. The summed E-state index contributed by atoms with van der Waals surface area (Å²) in [6, 6.07) is 16.9. The van der Waals surface area contributed by atoms with Crippen LogP contribution in [0.4, 0.5) is 10.5 Å². The van der Waals surface area contributed by atoms with Crippen LogP contribution in [0.15, 0.2) is 67.0 Å². The Labute approximate surface area is 181 Å². The van der Waals surface area contributed by atoms with Crippen LogP contribution in [-0.4, -0.2) is 60.2 Å². The summed E-state index contributed by atoms with van der Waals surface area (Å²) < 4.78 is 13.0. The standard InChI is InChI=1S/C23H27N5O3/c29-23(26-21-7-1-2-8-22(21)28-10-4-9-25-28)24-18-19-5-3-6-20(17-19)31-16-13-27-11-14-30-15-12-27/h1-10,17H,11-16,18H2,(H2,24,26,29). The van der Waals surface area contributed by atoms with Gasteiger partial charge in [0.25, 0.3) is 0 Å². The van der Waals surface area contributed by atoms with Crippen molar-refractivity contribution >= 4 is 11.7 Å². The number of nitrogens with one attached hydrogen (secondary N) is 2. The molecule has 162 valence electrons. The van der Waals surface area contributed by atoms with Gasteiger partial charge in [0.1, 0.15) is 12.4 Å². The minimum atomic E-state index is -0.279. The summed E-state index contributed by atoms with van der Waals surface area (Å²) in [5, 5.41) is 10.0. The molecule has 2 amide bonds. The minimum absolute atomic E-state index is 0.279. The van der Waals surface area contributed by atoms with Gasteiger partial charge < -0.3 is 20.1 Å². The Morgan fingerprint density at radius 3 is 2.81 bits per heavy atom. The van der Waals surface area contributed by atoms with E-state index < -0.39 is 0 Å². The lowest BCUT2D eigenvalue weighted by Gasteiger charge is -2.26. The van der Waals surface area contributed by atoms with E-state index in [1.165, 1.54) is 0 Å². The van der Waals surface area contributed by atoms with Gasteiger partial charge in [0, 0.05) is 38.6 Å². The van der Waals surface area contributed by atoms with Crippen LogP contribution < -0.4 is 15.4 Å². The van der Waals surface area contributed by atoms with E-state index in [1.54, 1.807) is 10.9 Å². The van der Waals surface area contributed by atoms with Gasteiger partial charge in [-0.15, -0.1) is 0 Å². The summed E-state index contributed by atoms with van der Waals surface area (Å²) in [6.45, 7) is 5.38. The number of carbonyl (C=O) groups is 1. The molecule has 0 radical (unpaired) electrons. The highest BCUT2D eigenvalue weighted by atomic mass is 16.5. The number of nitrogens with zero attached hydrogens (tertiary/aromatic N) is 3. The Balaban J connectivity index is 1.27. The van der Waals surface area contributed by atoms with Gasteiger partial charge in [-0.3, -0.25) is 4.90 Å². The van der Waals surface area contributed by atoms with E-state index >= 15 is 0 Å². The van der Waals surface area contributed by atoms with Crippen molar-refractivity contribution in [3.63, 3.8) is 0 Å². The van der Waals surface area contributed by atoms with Crippen LogP contribution >= 0.6 is 0 Å². The number of hydrogen-bond donors (Lipinski definition) is 2. The van der Waals surface area contributed by atoms with E-state index in [0.29, 0.717) is 18.8 Å². The summed E-state index contributed by atoms with van der Waals surface area (Å²) >= 11 is 0. The number of ether oxygens (including phenoxy) is 2. The highest BCUT2D eigenvalue weighted by Crippen LogP contribution is 2.19. The van der Waals surface area contributed by atoms with Gasteiger partial charge in [0.05, 0.1) is 24.6 Å². The van der Waals surface area contributed by atoms with Gasteiger partial charge in [-0.1, -0.05) is 24.3 Å². The zero-order chi connectivity index (χ0) is 21.3. The van der Waals surface area contributed by atoms with Crippen molar-refractivity contribution in [2.75, 3.05) is 44.8 Å². The van der Waals surface area contributed by atoms with E-state index in [0.717, 1.165) is 49.8 Å². The van der Waals surface area contributed by atoms with Crippen LogP contribution in [-0.2, 0) is 11.3 Å². The molecule has 1 fully saturated rings. The van der Waals surface area contributed by atoms with Crippen molar-refractivity contribution in [1.82, 2.24) is 20.0 Å². The first kappa shape index (κ1) is 20.9. The molecule has 4 rings (SSSR count). The SMILES string of the molecule is O=C(NCc1cccc(OCCN2CCOCC2)c1)Nc1ccccc1-n1cccn1. The van der Waals surface area contributed by atoms with Gasteiger partial charge in [-0.2, -0.15) is 5.10 Å². The molecule has 0 bridgehead atoms. The molecule has 2 aromatic carbocycles. The topological polar surface area (TPSA) is 80.6 Å². The van der Waals surface area contributed by atoms with Crippen molar-refractivity contribution in [3.8, 4) is 11.4 Å². The normalized spacial score (nSPS) is 14.2. The number of hydrogen-bond acceptors (Lipinski definition) is 5. The molecule has 1 aliphatic heterocycles. The molecule has 0 spiro atoms. The van der Waals surface area contributed by atoms with E-state index in [2.05, 4.69) is 20.6 Å². The number of rotatable bonds is 8. The summed E-state index contributed by atoms with van der Waals surface area (Å²) in [6.07, 6.45) is 3.54.